The first-order valence-corrected chi connectivity index (χ1v) is 5.39. The molecule has 5 heteroatoms. The Bertz CT molecular complexity index is 441. The van der Waals surface area contributed by atoms with E-state index in [1.165, 1.54) is 12.3 Å². The van der Waals surface area contributed by atoms with Crippen molar-refractivity contribution in [1.29, 1.82) is 0 Å². The number of aromatic nitrogens is 1. The van der Waals surface area contributed by atoms with Gasteiger partial charge in [0.05, 0.1) is 0 Å². The number of rotatable bonds is 2. The second-order valence-electron chi connectivity index (χ2n) is 4.08. The molecule has 0 bridgehead atoms. The standard InChI is InChI=1S/C11H15N3O2/c12-6-8-2-4-14(7-8)11(16)9-1-3-13-10(15)5-9/h1,3,5,8H,2,4,6-7,12H2,(H,13,15). The second kappa shape index (κ2) is 4.49. The van der Waals surface area contributed by atoms with Gasteiger partial charge in [-0.1, -0.05) is 0 Å². The number of pyridine rings is 1. The molecule has 0 aromatic carbocycles. The van der Waals surface area contributed by atoms with Crippen LogP contribution in [0.25, 0.3) is 0 Å². The number of nitrogens with one attached hydrogen (secondary N) is 1. The molecule has 1 atom stereocenters. The second-order valence-corrected chi connectivity index (χ2v) is 4.08. The van der Waals surface area contributed by atoms with Gasteiger partial charge in [-0.25, -0.2) is 0 Å². The molecule has 1 aromatic rings. The maximum Gasteiger partial charge on any atom is 0.254 e. The lowest BCUT2D eigenvalue weighted by Gasteiger charge is -2.15. The Morgan fingerprint density at radius 2 is 2.44 bits per heavy atom. The van der Waals surface area contributed by atoms with Crippen LogP contribution in [0, 0.1) is 5.92 Å². The van der Waals surface area contributed by atoms with Gasteiger partial charge in [-0.3, -0.25) is 9.59 Å². The molecule has 3 N–H and O–H groups in total. The van der Waals surface area contributed by atoms with Crippen LogP contribution in [0.4, 0.5) is 0 Å². The molecule has 0 aliphatic carbocycles. The first kappa shape index (κ1) is 10.9. The summed E-state index contributed by atoms with van der Waals surface area (Å²) in [4.78, 5) is 27.3. The topological polar surface area (TPSA) is 79.2 Å². The Hall–Kier alpha value is -1.62. The van der Waals surface area contributed by atoms with Crippen LogP contribution in [0.5, 0.6) is 0 Å². The SMILES string of the molecule is NCC1CCN(C(=O)c2cc[nH]c(=O)c2)C1. The fourth-order valence-corrected chi connectivity index (χ4v) is 1.97. The average Bonchev–Trinajstić information content (AvgIpc) is 2.76. The zero-order valence-electron chi connectivity index (χ0n) is 8.98. The normalized spacial score (nSPS) is 20.1. The van der Waals surface area contributed by atoms with Gasteiger partial charge >= 0.3 is 0 Å². The van der Waals surface area contributed by atoms with Gasteiger partial charge in [0.2, 0.25) is 5.56 Å². The molecule has 5 nitrogen and oxygen atoms in total. The number of nitrogens with two attached hydrogens (primary N) is 1. The van der Waals surface area contributed by atoms with Gasteiger partial charge in [-0.05, 0) is 24.9 Å². The van der Waals surface area contributed by atoms with Crippen molar-refractivity contribution in [3.8, 4) is 0 Å². The van der Waals surface area contributed by atoms with E-state index in [2.05, 4.69) is 4.98 Å². The van der Waals surface area contributed by atoms with Crippen LogP contribution >= 0.6 is 0 Å². The van der Waals surface area contributed by atoms with Crippen LogP contribution in [0.1, 0.15) is 16.8 Å². The van der Waals surface area contributed by atoms with Gasteiger partial charge in [0.15, 0.2) is 0 Å². The highest BCUT2D eigenvalue weighted by Crippen LogP contribution is 2.16. The lowest BCUT2D eigenvalue weighted by atomic mass is 10.1. The number of nitrogens with zero attached hydrogens (tertiary/aromatic N) is 1. The lowest BCUT2D eigenvalue weighted by molar-refractivity contribution is 0.0787. The number of hydrogen-bond acceptors (Lipinski definition) is 3. The predicted octanol–water partition coefficient (Wildman–Crippen LogP) is -0.204. The summed E-state index contributed by atoms with van der Waals surface area (Å²) in [5.74, 6) is 0.313. The van der Waals surface area contributed by atoms with Gasteiger partial charge in [-0.15, -0.1) is 0 Å². The zero-order valence-corrected chi connectivity index (χ0v) is 8.98. The Kier molecular flexibility index (Phi) is 3.05. The van der Waals surface area contributed by atoms with Crippen molar-refractivity contribution in [2.75, 3.05) is 19.6 Å². The summed E-state index contributed by atoms with van der Waals surface area (Å²) < 4.78 is 0. The number of likely N-dealkylation sites (tertiary alicyclic amines) is 1. The Morgan fingerprint density at radius 1 is 1.62 bits per heavy atom. The summed E-state index contributed by atoms with van der Waals surface area (Å²) in [6.45, 7) is 2.04. The largest absolute Gasteiger partial charge is 0.338 e. The van der Waals surface area contributed by atoms with E-state index in [1.54, 1.807) is 11.0 Å². The van der Waals surface area contributed by atoms with Crippen molar-refractivity contribution in [2.45, 2.75) is 6.42 Å². The highest BCUT2D eigenvalue weighted by Gasteiger charge is 2.25. The van der Waals surface area contributed by atoms with Crippen LogP contribution in [0.3, 0.4) is 0 Å². The smallest absolute Gasteiger partial charge is 0.254 e. The van der Waals surface area contributed by atoms with Crippen molar-refractivity contribution in [1.82, 2.24) is 9.88 Å². The molecule has 2 heterocycles. The average molecular weight is 221 g/mol. The minimum absolute atomic E-state index is 0.0814. The van der Waals surface area contributed by atoms with Crippen molar-refractivity contribution >= 4 is 5.91 Å². The van der Waals surface area contributed by atoms with Crippen LogP contribution < -0.4 is 11.3 Å². The number of aromatic amines is 1. The van der Waals surface area contributed by atoms with Crippen LogP contribution in [-0.4, -0.2) is 35.4 Å². The van der Waals surface area contributed by atoms with Crippen LogP contribution in [0.15, 0.2) is 23.1 Å². The number of carbonyl (C=O) groups is 1. The maximum atomic E-state index is 12.0. The lowest BCUT2D eigenvalue weighted by Crippen LogP contribution is -2.30. The van der Waals surface area contributed by atoms with E-state index in [-0.39, 0.29) is 11.5 Å². The molecule has 1 unspecified atom stereocenters. The summed E-state index contributed by atoms with van der Waals surface area (Å²) in [5, 5.41) is 0. The van der Waals surface area contributed by atoms with E-state index in [0.717, 1.165) is 13.0 Å². The molecule has 2 rings (SSSR count). The first-order chi connectivity index (χ1) is 7.70. The van der Waals surface area contributed by atoms with Gasteiger partial charge in [0.25, 0.3) is 5.91 Å². The molecule has 86 valence electrons. The summed E-state index contributed by atoms with van der Waals surface area (Å²) in [6.07, 6.45) is 2.44. The molecular weight excluding hydrogens is 206 g/mol. The molecule has 1 amide bonds. The van der Waals surface area contributed by atoms with Crippen molar-refractivity contribution in [3.05, 3.63) is 34.2 Å². The first-order valence-electron chi connectivity index (χ1n) is 5.39. The summed E-state index contributed by atoms with van der Waals surface area (Å²) in [6, 6.07) is 2.96. The molecular formula is C11H15N3O2. The van der Waals surface area contributed by atoms with Gasteiger partial charge in [-0.2, -0.15) is 0 Å². The van der Waals surface area contributed by atoms with Crippen molar-refractivity contribution < 1.29 is 4.79 Å². The third kappa shape index (κ3) is 2.14. The minimum atomic E-state index is -0.250. The quantitative estimate of drug-likeness (QED) is 0.725. The predicted molar refractivity (Wildman–Crippen MR) is 60.1 cm³/mol. The molecule has 0 spiro atoms. The zero-order chi connectivity index (χ0) is 11.5. The van der Waals surface area contributed by atoms with E-state index in [0.29, 0.717) is 24.6 Å². The van der Waals surface area contributed by atoms with Gasteiger partial charge in [0.1, 0.15) is 0 Å². The van der Waals surface area contributed by atoms with E-state index in [4.69, 9.17) is 5.73 Å². The van der Waals surface area contributed by atoms with E-state index in [9.17, 15) is 9.59 Å². The summed E-state index contributed by atoms with van der Waals surface area (Å²) in [5.41, 5.74) is 5.76. The third-order valence-electron chi connectivity index (χ3n) is 2.93. The highest BCUT2D eigenvalue weighted by atomic mass is 16.2. The van der Waals surface area contributed by atoms with Crippen LogP contribution in [-0.2, 0) is 0 Å². The van der Waals surface area contributed by atoms with Crippen molar-refractivity contribution in [3.63, 3.8) is 0 Å². The summed E-state index contributed by atoms with van der Waals surface area (Å²) in [7, 11) is 0. The molecule has 1 saturated heterocycles. The Balaban J connectivity index is 2.11. The fourth-order valence-electron chi connectivity index (χ4n) is 1.97. The van der Waals surface area contributed by atoms with Gasteiger partial charge in [0, 0.05) is 30.9 Å². The molecule has 0 radical (unpaired) electrons. The maximum absolute atomic E-state index is 12.0. The minimum Gasteiger partial charge on any atom is -0.338 e. The molecule has 1 aromatic heterocycles. The third-order valence-corrected chi connectivity index (χ3v) is 2.93. The Morgan fingerprint density at radius 3 is 3.06 bits per heavy atom. The number of hydrogen-bond donors (Lipinski definition) is 2. The van der Waals surface area contributed by atoms with Gasteiger partial charge < -0.3 is 15.6 Å². The number of H-pyrrole nitrogens is 1. The van der Waals surface area contributed by atoms with E-state index >= 15 is 0 Å². The van der Waals surface area contributed by atoms with Crippen molar-refractivity contribution in [2.24, 2.45) is 11.7 Å². The fraction of sp³-hybridized carbons (Fsp3) is 0.455. The van der Waals surface area contributed by atoms with E-state index < -0.39 is 0 Å². The number of carbonyl (C=O) groups excluding carboxylic acids is 1. The molecule has 1 aliphatic rings. The summed E-state index contributed by atoms with van der Waals surface area (Å²) >= 11 is 0. The molecule has 0 saturated carbocycles. The molecule has 1 fully saturated rings. The van der Waals surface area contributed by atoms with Crippen LogP contribution in [0.2, 0.25) is 0 Å². The van der Waals surface area contributed by atoms with E-state index in [1.807, 2.05) is 0 Å². The molecule has 16 heavy (non-hydrogen) atoms. The number of amides is 1. The monoisotopic (exact) mass is 221 g/mol. The molecule has 1 aliphatic heterocycles. The highest BCUT2D eigenvalue weighted by molar-refractivity contribution is 5.94. The Labute approximate surface area is 93.3 Å².